The highest BCUT2D eigenvalue weighted by Gasteiger charge is 2.30. The van der Waals surface area contributed by atoms with Gasteiger partial charge in [-0.1, -0.05) is 11.2 Å². The lowest BCUT2D eigenvalue weighted by Gasteiger charge is -2.09. The van der Waals surface area contributed by atoms with Gasteiger partial charge < -0.3 is 14.9 Å². The summed E-state index contributed by atoms with van der Waals surface area (Å²) in [5, 5.41) is 5.94. The van der Waals surface area contributed by atoms with Gasteiger partial charge in [0.05, 0.1) is 18.9 Å². The SMILES string of the molecule is COc1ccc(/C=N\OCC(=O)Nc2cccc(C(F)(F)F)c2)cc1. The third-order valence-electron chi connectivity index (χ3n) is 3.06. The number of carbonyl (C=O) groups is 1. The molecule has 0 spiro atoms. The van der Waals surface area contributed by atoms with E-state index in [2.05, 4.69) is 10.5 Å². The topological polar surface area (TPSA) is 59.9 Å². The number of methoxy groups -OCH3 is 1. The number of nitrogens with one attached hydrogen (secondary N) is 1. The molecule has 0 aliphatic heterocycles. The maximum absolute atomic E-state index is 12.6. The Bertz CT molecular complexity index is 744. The molecular weight excluding hydrogens is 337 g/mol. The largest absolute Gasteiger partial charge is 0.497 e. The molecule has 0 heterocycles. The third-order valence-corrected chi connectivity index (χ3v) is 3.06. The Kier molecular flexibility index (Phi) is 5.99. The summed E-state index contributed by atoms with van der Waals surface area (Å²) in [6.45, 7) is -0.428. The molecule has 0 aliphatic carbocycles. The second kappa shape index (κ2) is 8.18. The van der Waals surface area contributed by atoms with E-state index in [0.29, 0.717) is 5.75 Å². The predicted molar refractivity (Wildman–Crippen MR) is 86.6 cm³/mol. The van der Waals surface area contributed by atoms with E-state index in [1.165, 1.54) is 18.3 Å². The highest BCUT2D eigenvalue weighted by Crippen LogP contribution is 2.30. The van der Waals surface area contributed by atoms with Crippen molar-refractivity contribution in [3.63, 3.8) is 0 Å². The van der Waals surface area contributed by atoms with Gasteiger partial charge in [0.1, 0.15) is 5.75 Å². The van der Waals surface area contributed by atoms with Crippen LogP contribution in [0.1, 0.15) is 11.1 Å². The van der Waals surface area contributed by atoms with Crippen LogP contribution in [-0.4, -0.2) is 25.8 Å². The van der Waals surface area contributed by atoms with Crippen LogP contribution in [0.5, 0.6) is 5.75 Å². The number of alkyl halides is 3. The fourth-order valence-electron chi connectivity index (χ4n) is 1.85. The molecule has 0 saturated heterocycles. The lowest BCUT2D eigenvalue weighted by molar-refractivity contribution is -0.137. The first kappa shape index (κ1) is 18.3. The summed E-state index contributed by atoms with van der Waals surface area (Å²) in [4.78, 5) is 16.5. The zero-order valence-corrected chi connectivity index (χ0v) is 13.2. The fraction of sp³-hybridized carbons (Fsp3) is 0.176. The van der Waals surface area contributed by atoms with Gasteiger partial charge in [-0.25, -0.2) is 0 Å². The molecule has 2 aromatic carbocycles. The zero-order chi connectivity index (χ0) is 18.3. The quantitative estimate of drug-likeness (QED) is 0.637. The van der Waals surface area contributed by atoms with E-state index >= 15 is 0 Å². The van der Waals surface area contributed by atoms with Crippen molar-refractivity contribution in [2.75, 3.05) is 19.0 Å². The van der Waals surface area contributed by atoms with Crippen molar-refractivity contribution >= 4 is 17.8 Å². The van der Waals surface area contributed by atoms with E-state index in [4.69, 9.17) is 9.57 Å². The number of halogens is 3. The molecule has 132 valence electrons. The average molecular weight is 352 g/mol. The van der Waals surface area contributed by atoms with Gasteiger partial charge in [-0.05, 0) is 48.0 Å². The Morgan fingerprint density at radius 3 is 2.56 bits per heavy atom. The number of rotatable bonds is 6. The van der Waals surface area contributed by atoms with Crippen molar-refractivity contribution in [1.29, 1.82) is 0 Å². The number of amides is 1. The van der Waals surface area contributed by atoms with Crippen LogP contribution in [0.15, 0.2) is 53.7 Å². The first-order valence-corrected chi connectivity index (χ1v) is 7.15. The first-order chi connectivity index (χ1) is 11.9. The monoisotopic (exact) mass is 352 g/mol. The van der Waals surface area contributed by atoms with Crippen molar-refractivity contribution in [1.82, 2.24) is 0 Å². The molecule has 0 bridgehead atoms. The molecular formula is C17H15F3N2O3. The van der Waals surface area contributed by atoms with E-state index in [-0.39, 0.29) is 5.69 Å². The number of nitrogens with zero attached hydrogens (tertiary/aromatic N) is 1. The van der Waals surface area contributed by atoms with Crippen molar-refractivity contribution < 1.29 is 27.5 Å². The van der Waals surface area contributed by atoms with Crippen LogP contribution in [0.2, 0.25) is 0 Å². The Balaban J connectivity index is 1.83. The normalized spacial score (nSPS) is 11.4. The van der Waals surface area contributed by atoms with Crippen molar-refractivity contribution in [3.05, 3.63) is 59.7 Å². The number of hydrogen-bond donors (Lipinski definition) is 1. The van der Waals surface area contributed by atoms with E-state index in [1.54, 1.807) is 31.4 Å². The third kappa shape index (κ3) is 5.83. The zero-order valence-electron chi connectivity index (χ0n) is 13.2. The second-order valence-corrected chi connectivity index (χ2v) is 4.91. The lowest BCUT2D eigenvalue weighted by Crippen LogP contribution is -2.17. The minimum absolute atomic E-state index is 0.0301. The van der Waals surface area contributed by atoms with Crippen LogP contribution in [-0.2, 0) is 15.8 Å². The van der Waals surface area contributed by atoms with Crippen LogP contribution in [0.4, 0.5) is 18.9 Å². The number of benzene rings is 2. The molecule has 8 heteroatoms. The van der Waals surface area contributed by atoms with Crippen LogP contribution >= 0.6 is 0 Å². The number of carbonyl (C=O) groups excluding carboxylic acids is 1. The molecule has 2 aromatic rings. The van der Waals surface area contributed by atoms with Gasteiger partial charge in [0, 0.05) is 5.69 Å². The maximum atomic E-state index is 12.6. The summed E-state index contributed by atoms with van der Waals surface area (Å²) in [6, 6.07) is 11.3. The number of ether oxygens (including phenoxy) is 1. The van der Waals surface area contributed by atoms with Crippen LogP contribution in [0, 0.1) is 0 Å². The highest BCUT2D eigenvalue weighted by atomic mass is 19.4. The van der Waals surface area contributed by atoms with Crippen LogP contribution < -0.4 is 10.1 Å². The summed E-state index contributed by atoms with van der Waals surface area (Å²) >= 11 is 0. The molecule has 2 rings (SSSR count). The fourth-order valence-corrected chi connectivity index (χ4v) is 1.85. The minimum Gasteiger partial charge on any atom is -0.497 e. The van der Waals surface area contributed by atoms with Gasteiger partial charge >= 0.3 is 6.18 Å². The predicted octanol–water partition coefficient (Wildman–Crippen LogP) is 3.70. The van der Waals surface area contributed by atoms with Gasteiger partial charge in [-0.3, -0.25) is 4.79 Å². The minimum atomic E-state index is -4.47. The smallest absolute Gasteiger partial charge is 0.416 e. The Labute approximate surface area is 142 Å². The summed E-state index contributed by atoms with van der Waals surface area (Å²) in [7, 11) is 1.55. The summed E-state index contributed by atoms with van der Waals surface area (Å²) < 4.78 is 42.8. The number of oxime groups is 1. The average Bonchev–Trinajstić information content (AvgIpc) is 2.59. The molecule has 0 aromatic heterocycles. The van der Waals surface area contributed by atoms with E-state index in [0.717, 1.165) is 17.7 Å². The molecule has 0 atom stereocenters. The summed E-state index contributed by atoms with van der Waals surface area (Å²) in [6.07, 6.45) is -3.07. The number of anilines is 1. The Hall–Kier alpha value is -3.03. The molecule has 0 saturated carbocycles. The molecule has 1 N–H and O–H groups in total. The lowest BCUT2D eigenvalue weighted by atomic mass is 10.2. The van der Waals surface area contributed by atoms with Gasteiger partial charge in [0.25, 0.3) is 5.91 Å². The molecule has 0 radical (unpaired) electrons. The Morgan fingerprint density at radius 1 is 1.20 bits per heavy atom. The van der Waals surface area contributed by atoms with Gasteiger partial charge in [0.15, 0.2) is 6.61 Å². The van der Waals surface area contributed by atoms with Crippen LogP contribution in [0.3, 0.4) is 0 Å². The molecule has 0 aliphatic rings. The first-order valence-electron chi connectivity index (χ1n) is 7.15. The summed E-state index contributed by atoms with van der Waals surface area (Å²) in [5.41, 5.74) is -0.0783. The van der Waals surface area contributed by atoms with Gasteiger partial charge in [-0.15, -0.1) is 0 Å². The molecule has 5 nitrogen and oxygen atoms in total. The molecule has 25 heavy (non-hydrogen) atoms. The van der Waals surface area contributed by atoms with E-state index in [1.807, 2.05) is 0 Å². The number of hydrogen-bond acceptors (Lipinski definition) is 4. The van der Waals surface area contributed by atoms with Crippen molar-refractivity contribution in [3.8, 4) is 5.75 Å². The molecule has 1 amide bonds. The van der Waals surface area contributed by atoms with E-state index in [9.17, 15) is 18.0 Å². The van der Waals surface area contributed by atoms with E-state index < -0.39 is 24.3 Å². The summed E-state index contributed by atoms with van der Waals surface area (Å²) in [5.74, 6) is 0.0738. The standard InChI is InChI=1S/C17H15F3N2O3/c1-24-15-7-5-12(6-8-15)10-21-25-11-16(23)22-14-4-2-3-13(9-14)17(18,19)20/h2-10H,11H2,1H3,(H,22,23)/b21-10-. The van der Waals surface area contributed by atoms with Crippen molar-refractivity contribution in [2.45, 2.75) is 6.18 Å². The van der Waals surface area contributed by atoms with Crippen molar-refractivity contribution in [2.24, 2.45) is 5.16 Å². The molecule has 0 fully saturated rings. The highest BCUT2D eigenvalue weighted by molar-refractivity contribution is 5.91. The Morgan fingerprint density at radius 2 is 1.92 bits per heavy atom. The maximum Gasteiger partial charge on any atom is 0.416 e. The van der Waals surface area contributed by atoms with Gasteiger partial charge in [0.2, 0.25) is 0 Å². The van der Waals surface area contributed by atoms with Crippen LogP contribution in [0.25, 0.3) is 0 Å². The van der Waals surface area contributed by atoms with Gasteiger partial charge in [-0.2, -0.15) is 13.2 Å². The second-order valence-electron chi connectivity index (χ2n) is 4.91. The molecule has 0 unspecified atom stereocenters.